The molecule has 1 aliphatic carbocycles. The van der Waals surface area contributed by atoms with E-state index in [1.54, 1.807) is 11.9 Å². The topological polar surface area (TPSA) is 41.6 Å². The molecule has 1 saturated carbocycles. The number of hydrogen-bond donors (Lipinski definition) is 1. The highest BCUT2D eigenvalue weighted by atomic mass is 16.5. The van der Waals surface area contributed by atoms with Crippen molar-refractivity contribution in [3.63, 3.8) is 0 Å². The van der Waals surface area contributed by atoms with Crippen molar-refractivity contribution in [1.82, 2.24) is 5.32 Å². The predicted octanol–water partition coefficient (Wildman–Crippen LogP) is 1.29. The average molecular weight is 232 g/mol. The molecule has 0 unspecified atom stereocenters. The van der Waals surface area contributed by atoms with Crippen molar-refractivity contribution in [2.45, 2.75) is 25.4 Å². The molecule has 1 aliphatic heterocycles. The molecule has 4 nitrogen and oxygen atoms in total. The molecule has 17 heavy (non-hydrogen) atoms. The van der Waals surface area contributed by atoms with Crippen LogP contribution in [0.25, 0.3) is 0 Å². The summed E-state index contributed by atoms with van der Waals surface area (Å²) in [7, 11) is 1.78. The van der Waals surface area contributed by atoms with Gasteiger partial charge in [-0.1, -0.05) is 6.07 Å². The van der Waals surface area contributed by atoms with Crippen LogP contribution in [0.5, 0.6) is 5.75 Å². The molecule has 1 fully saturated rings. The number of nitrogens with zero attached hydrogens (tertiary/aromatic N) is 1. The molecule has 1 amide bonds. The fraction of sp³-hybridized carbons (Fsp3) is 0.462. The largest absolute Gasteiger partial charge is 0.482 e. The van der Waals surface area contributed by atoms with E-state index in [0.717, 1.165) is 18.0 Å². The minimum atomic E-state index is 0.00126. The van der Waals surface area contributed by atoms with Crippen LogP contribution in [-0.2, 0) is 11.3 Å². The maximum atomic E-state index is 11.5. The first-order valence-electron chi connectivity index (χ1n) is 6.00. The standard InChI is InChI=1S/C13H16N2O2/c1-15-11-5-2-9(7-14-10-3-4-10)6-12(11)17-8-13(15)16/h2,5-6,10,14H,3-4,7-8H2,1H3. The van der Waals surface area contributed by atoms with E-state index in [-0.39, 0.29) is 12.5 Å². The Morgan fingerprint density at radius 2 is 2.29 bits per heavy atom. The number of carbonyl (C=O) groups is 1. The van der Waals surface area contributed by atoms with Crippen LogP contribution < -0.4 is 15.0 Å². The van der Waals surface area contributed by atoms with Gasteiger partial charge in [0.1, 0.15) is 5.75 Å². The van der Waals surface area contributed by atoms with Gasteiger partial charge in [0.2, 0.25) is 0 Å². The summed E-state index contributed by atoms with van der Waals surface area (Å²) in [5, 5.41) is 3.46. The molecule has 1 aromatic carbocycles. The van der Waals surface area contributed by atoms with Gasteiger partial charge in [-0.15, -0.1) is 0 Å². The predicted molar refractivity (Wildman–Crippen MR) is 65.2 cm³/mol. The second-order valence-electron chi connectivity index (χ2n) is 4.70. The number of carbonyl (C=O) groups excluding carboxylic acids is 1. The minimum absolute atomic E-state index is 0.00126. The van der Waals surface area contributed by atoms with Crippen molar-refractivity contribution in [2.75, 3.05) is 18.6 Å². The van der Waals surface area contributed by atoms with Gasteiger partial charge < -0.3 is 15.0 Å². The molecule has 0 bridgehead atoms. The van der Waals surface area contributed by atoms with Gasteiger partial charge in [0.25, 0.3) is 5.91 Å². The normalized spacial score (nSPS) is 18.9. The number of amides is 1. The number of fused-ring (bicyclic) bond motifs is 1. The van der Waals surface area contributed by atoms with E-state index in [0.29, 0.717) is 6.04 Å². The zero-order chi connectivity index (χ0) is 11.8. The zero-order valence-electron chi connectivity index (χ0n) is 9.90. The molecular weight excluding hydrogens is 216 g/mol. The molecule has 0 radical (unpaired) electrons. The zero-order valence-corrected chi connectivity index (χ0v) is 9.90. The van der Waals surface area contributed by atoms with E-state index in [2.05, 4.69) is 5.32 Å². The molecule has 1 N–H and O–H groups in total. The SMILES string of the molecule is CN1C(=O)COc2cc(CNC3CC3)ccc21. The monoisotopic (exact) mass is 232 g/mol. The van der Waals surface area contributed by atoms with Crippen LogP contribution in [0.3, 0.4) is 0 Å². The van der Waals surface area contributed by atoms with Crippen LogP contribution >= 0.6 is 0 Å². The lowest BCUT2D eigenvalue weighted by molar-refractivity contribution is -0.120. The maximum absolute atomic E-state index is 11.5. The Morgan fingerprint density at radius 3 is 3.06 bits per heavy atom. The van der Waals surface area contributed by atoms with Crippen molar-refractivity contribution < 1.29 is 9.53 Å². The van der Waals surface area contributed by atoms with Crippen LogP contribution in [-0.4, -0.2) is 25.6 Å². The maximum Gasteiger partial charge on any atom is 0.264 e. The van der Waals surface area contributed by atoms with E-state index in [9.17, 15) is 4.79 Å². The number of ether oxygens (including phenoxy) is 1. The quantitative estimate of drug-likeness (QED) is 0.854. The number of likely N-dealkylation sites (N-methyl/N-ethyl adjacent to an activating group) is 1. The number of anilines is 1. The number of benzene rings is 1. The molecule has 4 heteroatoms. The first kappa shape index (κ1) is 10.6. The fourth-order valence-corrected chi connectivity index (χ4v) is 1.98. The van der Waals surface area contributed by atoms with Crippen molar-refractivity contribution in [2.24, 2.45) is 0 Å². The van der Waals surface area contributed by atoms with Crippen LogP contribution in [0.4, 0.5) is 5.69 Å². The number of hydrogen-bond acceptors (Lipinski definition) is 3. The molecule has 0 atom stereocenters. The van der Waals surface area contributed by atoms with Crippen LogP contribution in [0.2, 0.25) is 0 Å². The Balaban J connectivity index is 1.78. The lowest BCUT2D eigenvalue weighted by atomic mass is 10.1. The van der Waals surface area contributed by atoms with Gasteiger partial charge in [-0.05, 0) is 30.5 Å². The minimum Gasteiger partial charge on any atom is -0.482 e. The summed E-state index contributed by atoms with van der Waals surface area (Å²) < 4.78 is 5.45. The molecular formula is C13H16N2O2. The van der Waals surface area contributed by atoms with E-state index < -0.39 is 0 Å². The molecule has 0 aromatic heterocycles. The Morgan fingerprint density at radius 1 is 1.47 bits per heavy atom. The van der Waals surface area contributed by atoms with E-state index in [4.69, 9.17) is 4.74 Å². The molecule has 0 spiro atoms. The Hall–Kier alpha value is -1.55. The van der Waals surface area contributed by atoms with Crippen molar-refractivity contribution >= 4 is 11.6 Å². The van der Waals surface area contributed by atoms with Crippen LogP contribution in [0, 0.1) is 0 Å². The Kier molecular flexibility index (Phi) is 2.52. The van der Waals surface area contributed by atoms with Gasteiger partial charge in [0, 0.05) is 19.6 Å². The summed E-state index contributed by atoms with van der Waals surface area (Å²) in [5.41, 5.74) is 2.06. The fourth-order valence-electron chi connectivity index (χ4n) is 1.98. The van der Waals surface area contributed by atoms with Gasteiger partial charge in [0.05, 0.1) is 5.69 Å². The molecule has 1 heterocycles. The van der Waals surface area contributed by atoms with Gasteiger partial charge in [0.15, 0.2) is 6.61 Å². The number of rotatable bonds is 3. The second kappa shape index (κ2) is 4.04. The summed E-state index contributed by atoms with van der Waals surface area (Å²) in [5.74, 6) is 0.809. The summed E-state index contributed by atoms with van der Waals surface area (Å²) in [6.45, 7) is 1.02. The highest BCUT2D eigenvalue weighted by molar-refractivity contribution is 5.97. The van der Waals surface area contributed by atoms with Crippen molar-refractivity contribution in [3.05, 3.63) is 23.8 Å². The second-order valence-corrected chi connectivity index (χ2v) is 4.70. The van der Waals surface area contributed by atoms with Gasteiger partial charge in [-0.2, -0.15) is 0 Å². The van der Waals surface area contributed by atoms with Crippen molar-refractivity contribution in [3.8, 4) is 5.75 Å². The third-order valence-corrected chi connectivity index (χ3v) is 3.28. The van der Waals surface area contributed by atoms with Crippen LogP contribution in [0.15, 0.2) is 18.2 Å². The molecule has 90 valence electrons. The number of nitrogens with one attached hydrogen (secondary N) is 1. The van der Waals surface area contributed by atoms with Crippen molar-refractivity contribution in [1.29, 1.82) is 0 Å². The molecule has 1 aromatic rings. The summed E-state index contributed by atoms with van der Waals surface area (Å²) in [6.07, 6.45) is 2.58. The Labute approximate surface area is 101 Å². The smallest absolute Gasteiger partial charge is 0.264 e. The highest BCUT2D eigenvalue weighted by Gasteiger charge is 2.23. The lowest BCUT2D eigenvalue weighted by Crippen LogP contribution is -2.35. The van der Waals surface area contributed by atoms with E-state index in [1.807, 2.05) is 18.2 Å². The summed E-state index contributed by atoms with van der Waals surface area (Å²) >= 11 is 0. The molecule has 0 saturated heterocycles. The van der Waals surface area contributed by atoms with Gasteiger partial charge in [-0.25, -0.2) is 0 Å². The van der Waals surface area contributed by atoms with E-state index in [1.165, 1.54) is 18.4 Å². The average Bonchev–Trinajstić information content (AvgIpc) is 3.15. The van der Waals surface area contributed by atoms with E-state index >= 15 is 0 Å². The third-order valence-electron chi connectivity index (χ3n) is 3.28. The van der Waals surface area contributed by atoms with Gasteiger partial charge in [-0.3, -0.25) is 4.79 Å². The van der Waals surface area contributed by atoms with Crippen LogP contribution in [0.1, 0.15) is 18.4 Å². The first-order chi connectivity index (χ1) is 8.24. The summed E-state index contributed by atoms with van der Waals surface area (Å²) in [6, 6.07) is 6.73. The van der Waals surface area contributed by atoms with Gasteiger partial charge >= 0.3 is 0 Å². The highest BCUT2D eigenvalue weighted by Crippen LogP contribution is 2.32. The lowest BCUT2D eigenvalue weighted by Gasteiger charge is -2.26. The molecule has 3 rings (SSSR count). The Bertz CT molecular complexity index is 455. The summed E-state index contributed by atoms with van der Waals surface area (Å²) in [4.78, 5) is 13.1. The third kappa shape index (κ3) is 2.13. The molecule has 2 aliphatic rings. The first-order valence-corrected chi connectivity index (χ1v) is 6.00.